The van der Waals surface area contributed by atoms with E-state index in [2.05, 4.69) is 16.8 Å². The monoisotopic (exact) mass is 108 g/mol. The van der Waals surface area contributed by atoms with Crippen molar-refractivity contribution in [3.63, 3.8) is 0 Å². The summed E-state index contributed by atoms with van der Waals surface area (Å²) in [6.07, 6.45) is 3.64. The van der Waals surface area contributed by atoms with Gasteiger partial charge in [0.2, 0.25) is 0 Å². The fourth-order valence-electron chi connectivity index (χ4n) is 0.571. The molecule has 42 valence electrons. The number of hydrogen-bond donors (Lipinski definition) is 1. The molecule has 0 aliphatic heterocycles. The van der Waals surface area contributed by atoms with E-state index >= 15 is 0 Å². The first kappa shape index (κ1) is 5.09. The van der Waals surface area contributed by atoms with Crippen LogP contribution in [0, 0.1) is 0 Å². The van der Waals surface area contributed by atoms with Crippen molar-refractivity contribution in [3.8, 4) is 0 Å². The second-order valence-corrected chi connectivity index (χ2v) is 1.60. The average Bonchev–Trinajstić information content (AvgIpc) is 2.14. The maximum Gasteiger partial charge on any atom is 0.0601 e. The van der Waals surface area contributed by atoms with Crippen molar-refractivity contribution < 1.29 is 0 Å². The van der Waals surface area contributed by atoms with Gasteiger partial charge in [-0.1, -0.05) is 12.7 Å². The summed E-state index contributed by atoms with van der Waals surface area (Å²) in [5.74, 6) is 0. The Hall–Kier alpha value is -1.05. The minimum atomic E-state index is 0.951. The van der Waals surface area contributed by atoms with Crippen LogP contribution >= 0.6 is 0 Å². The second-order valence-electron chi connectivity index (χ2n) is 1.60. The quantitative estimate of drug-likeness (QED) is 0.482. The highest BCUT2D eigenvalue weighted by molar-refractivity contribution is 5.16. The van der Waals surface area contributed by atoms with E-state index in [4.69, 9.17) is 0 Å². The van der Waals surface area contributed by atoms with E-state index in [1.807, 2.05) is 13.0 Å². The molecule has 0 saturated carbocycles. The predicted molar refractivity (Wildman–Crippen MR) is 33.5 cm³/mol. The fourth-order valence-corrected chi connectivity index (χ4v) is 0.571. The van der Waals surface area contributed by atoms with E-state index in [9.17, 15) is 0 Å². The normalized spacial score (nSPS) is 12.4. The van der Waals surface area contributed by atoms with Crippen molar-refractivity contribution in [1.29, 1.82) is 0 Å². The molecule has 0 unspecified atom stereocenters. The topological polar surface area (TPSA) is 28.7 Å². The van der Waals surface area contributed by atoms with Crippen LogP contribution in [-0.2, 0) is 0 Å². The van der Waals surface area contributed by atoms with Crippen LogP contribution in [0.3, 0.4) is 0 Å². The van der Waals surface area contributed by atoms with E-state index in [1.54, 1.807) is 6.20 Å². The highest BCUT2D eigenvalue weighted by atomic mass is 15.1. The largest absolute Gasteiger partial charge is 0.278 e. The van der Waals surface area contributed by atoms with Crippen LogP contribution in [0.2, 0.25) is 0 Å². The molecule has 1 N–H and O–H groups in total. The van der Waals surface area contributed by atoms with Crippen molar-refractivity contribution in [2.24, 2.45) is 0 Å². The number of H-pyrrole nitrogens is 1. The van der Waals surface area contributed by atoms with Crippen molar-refractivity contribution in [2.75, 3.05) is 0 Å². The molecule has 0 saturated heterocycles. The van der Waals surface area contributed by atoms with Gasteiger partial charge in [-0.2, -0.15) is 5.10 Å². The summed E-state index contributed by atoms with van der Waals surface area (Å²) in [4.78, 5) is 0. The third-order valence-corrected chi connectivity index (χ3v) is 1.04. The van der Waals surface area contributed by atoms with E-state index in [0.717, 1.165) is 10.6 Å². The molecule has 1 aromatic heterocycles. The molecule has 0 radical (unpaired) electrons. The molecule has 2 nitrogen and oxygen atoms in total. The molecular formula is C6H8N2. The van der Waals surface area contributed by atoms with Gasteiger partial charge in [-0.05, 0) is 6.92 Å². The number of nitrogens with zero attached hydrogens (tertiary/aromatic N) is 1. The smallest absolute Gasteiger partial charge is 0.0601 e. The predicted octanol–water partition coefficient (Wildman–Crippen LogP) is -0.380. The molecule has 0 amide bonds. The Kier molecular flexibility index (Phi) is 1.16. The number of nitrogens with one attached hydrogen (secondary N) is 1. The molecule has 1 rings (SSSR count). The first-order chi connectivity index (χ1) is 3.84. The summed E-state index contributed by atoms with van der Waals surface area (Å²) in [6, 6.07) is 0. The van der Waals surface area contributed by atoms with Crippen molar-refractivity contribution in [3.05, 3.63) is 16.8 Å². The third-order valence-electron chi connectivity index (χ3n) is 1.04. The molecule has 0 aromatic carbocycles. The van der Waals surface area contributed by atoms with Crippen LogP contribution < -0.4 is 10.6 Å². The number of aromatic nitrogens is 2. The van der Waals surface area contributed by atoms with E-state index in [-0.39, 0.29) is 0 Å². The Balaban J connectivity index is 3.55. The van der Waals surface area contributed by atoms with Gasteiger partial charge in [0.05, 0.1) is 11.5 Å². The van der Waals surface area contributed by atoms with Crippen molar-refractivity contribution >= 4 is 12.7 Å². The first-order valence-electron chi connectivity index (χ1n) is 2.49. The Morgan fingerprint density at radius 3 is 2.88 bits per heavy atom. The van der Waals surface area contributed by atoms with Gasteiger partial charge < -0.3 is 0 Å². The van der Waals surface area contributed by atoms with E-state index < -0.39 is 0 Å². The summed E-state index contributed by atoms with van der Waals surface area (Å²) in [7, 11) is 0. The molecule has 1 heterocycles. The molecule has 8 heavy (non-hydrogen) atoms. The minimum Gasteiger partial charge on any atom is -0.278 e. The minimum absolute atomic E-state index is 0.951. The van der Waals surface area contributed by atoms with Crippen LogP contribution in [0.15, 0.2) is 6.20 Å². The summed E-state index contributed by atoms with van der Waals surface area (Å²) in [6.45, 7) is 5.67. The molecular weight excluding hydrogens is 100 g/mol. The molecule has 0 spiro atoms. The lowest BCUT2D eigenvalue weighted by Gasteiger charge is -1.66. The van der Waals surface area contributed by atoms with Gasteiger partial charge in [-0.3, -0.25) is 5.10 Å². The molecule has 0 aliphatic carbocycles. The highest BCUT2D eigenvalue weighted by Gasteiger charge is 1.76. The zero-order valence-corrected chi connectivity index (χ0v) is 4.81. The Bertz CT molecular complexity index is 258. The lowest BCUT2D eigenvalue weighted by Crippen LogP contribution is -2.19. The van der Waals surface area contributed by atoms with Crippen LogP contribution in [0.1, 0.15) is 6.92 Å². The maximum absolute atomic E-state index is 3.77. The van der Waals surface area contributed by atoms with Gasteiger partial charge in [-0.15, -0.1) is 0 Å². The molecule has 2 heteroatoms. The van der Waals surface area contributed by atoms with Gasteiger partial charge in [0.15, 0.2) is 0 Å². The zero-order chi connectivity index (χ0) is 5.98. The number of aromatic amines is 1. The van der Waals surface area contributed by atoms with Gasteiger partial charge in [0.25, 0.3) is 0 Å². The van der Waals surface area contributed by atoms with Gasteiger partial charge in [-0.25, -0.2) is 0 Å². The molecule has 0 bridgehead atoms. The molecule has 0 fully saturated rings. The van der Waals surface area contributed by atoms with Crippen molar-refractivity contribution in [1.82, 2.24) is 10.2 Å². The SMILES string of the molecule is C=c1cn[nH]c1=CC. The molecule has 1 aromatic rings. The lowest BCUT2D eigenvalue weighted by molar-refractivity contribution is 1.06. The van der Waals surface area contributed by atoms with Crippen LogP contribution in [0.25, 0.3) is 12.7 Å². The number of rotatable bonds is 0. The van der Waals surface area contributed by atoms with E-state index in [1.165, 1.54) is 0 Å². The molecule has 0 aliphatic rings. The third kappa shape index (κ3) is 0.644. The van der Waals surface area contributed by atoms with Crippen LogP contribution in [0.5, 0.6) is 0 Å². The van der Waals surface area contributed by atoms with Gasteiger partial charge in [0.1, 0.15) is 0 Å². The highest BCUT2D eigenvalue weighted by Crippen LogP contribution is 1.51. The van der Waals surface area contributed by atoms with Gasteiger partial charge in [0, 0.05) is 5.22 Å². The maximum atomic E-state index is 3.77. The summed E-state index contributed by atoms with van der Waals surface area (Å²) >= 11 is 0. The lowest BCUT2D eigenvalue weighted by atomic mass is 10.4. The van der Waals surface area contributed by atoms with Crippen molar-refractivity contribution in [2.45, 2.75) is 6.92 Å². The summed E-state index contributed by atoms with van der Waals surface area (Å²) < 4.78 is 0. The summed E-state index contributed by atoms with van der Waals surface area (Å²) in [5, 5.41) is 8.52. The average molecular weight is 108 g/mol. The second kappa shape index (κ2) is 1.82. The number of hydrogen-bond acceptors (Lipinski definition) is 1. The van der Waals surface area contributed by atoms with Crippen LogP contribution in [0.4, 0.5) is 0 Å². The fraction of sp³-hybridized carbons (Fsp3) is 0.167. The Morgan fingerprint density at radius 1 is 1.88 bits per heavy atom. The molecule has 0 atom stereocenters. The Morgan fingerprint density at radius 2 is 2.62 bits per heavy atom. The standard InChI is InChI=1S/C6H8N2/c1-3-6-5(2)4-7-8-6/h3-4,8H,2H2,1H3. The Labute approximate surface area is 47.5 Å². The first-order valence-corrected chi connectivity index (χ1v) is 2.49. The summed E-state index contributed by atoms with van der Waals surface area (Å²) in [5.41, 5.74) is 0. The van der Waals surface area contributed by atoms with Gasteiger partial charge >= 0.3 is 0 Å². The van der Waals surface area contributed by atoms with E-state index in [0.29, 0.717) is 0 Å². The zero-order valence-electron chi connectivity index (χ0n) is 4.81. The van der Waals surface area contributed by atoms with Crippen LogP contribution in [-0.4, -0.2) is 10.2 Å².